The molecule has 0 radical (unpaired) electrons. The van der Waals surface area contributed by atoms with Gasteiger partial charge in [0.1, 0.15) is 5.82 Å². The molecule has 0 saturated carbocycles. The van der Waals surface area contributed by atoms with Gasteiger partial charge in [0.05, 0.1) is 0 Å². The van der Waals surface area contributed by atoms with Crippen LogP contribution in [0.1, 0.15) is 13.8 Å². The first-order valence-electron chi connectivity index (χ1n) is 6.08. The first-order valence-corrected chi connectivity index (χ1v) is 6.08. The van der Waals surface area contributed by atoms with Crippen molar-refractivity contribution in [2.45, 2.75) is 19.9 Å². The fourth-order valence-corrected chi connectivity index (χ4v) is 1.69. The summed E-state index contributed by atoms with van der Waals surface area (Å²) in [5.41, 5.74) is 1.12. The van der Waals surface area contributed by atoms with E-state index in [1.807, 2.05) is 25.4 Å². The third-order valence-electron chi connectivity index (χ3n) is 2.73. The van der Waals surface area contributed by atoms with Crippen molar-refractivity contribution in [3.8, 4) is 0 Å². The number of nitrogens with one attached hydrogen (secondary N) is 2. The van der Waals surface area contributed by atoms with Crippen molar-refractivity contribution >= 4 is 11.5 Å². The van der Waals surface area contributed by atoms with Gasteiger partial charge < -0.3 is 15.5 Å². The molecule has 1 rings (SSSR count). The monoisotopic (exact) mass is 236 g/mol. The number of likely N-dealkylation sites (N-methyl/N-ethyl adjacent to an activating group) is 1. The van der Waals surface area contributed by atoms with E-state index in [1.165, 1.54) is 0 Å². The second-order valence-corrected chi connectivity index (χ2v) is 4.94. The Morgan fingerprint density at radius 1 is 1.35 bits per heavy atom. The van der Waals surface area contributed by atoms with Crippen LogP contribution < -0.4 is 10.6 Å². The van der Waals surface area contributed by atoms with Crippen LogP contribution in [-0.4, -0.2) is 43.6 Å². The second-order valence-electron chi connectivity index (χ2n) is 4.94. The minimum absolute atomic E-state index is 0.442. The first-order chi connectivity index (χ1) is 8.02. The fourth-order valence-electron chi connectivity index (χ4n) is 1.69. The molecule has 0 amide bonds. The molecular formula is C13H24N4. The van der Waals surface area contributed by atoms with Gasteiger partial charge in [-0.3, -0.25) is 0 Å². The molecule has 0 spiro atoms. The van der Waals surface area contributed by atoms with Crippen LogP contribution in [0, 0.1) is 5.92 Å². The maximum atomic E-state index is 4.21. The largest absolute Gasteiger partial charge is 0.381 e. The zero-order valence-electron chi connectivity index (χ0n) is 11.5. The average molecular weight is 236 g/mol. The molecule has 17 heavy (non-hydrogen) atoms. The first kappa shape index (κ1) is 13.8. The highest BCUT2D eigenvalue weighted by Gasteiger charge is 2.14. The Bertz CT molecular complexity index is 336. The molecule has 0 aliphatic rings. The van der Waals surface area contributed by atoms with Crippen LogP contribution in [0.5, 0.6) is 0 Å². The summed E-state index contributed by atoms with van der Waals surface area (Å²) in [6.07, 6.45) is 1.82. The van der Waals surface area contributed by atoms with Crippen molar-refractivity contribution in [1.29, 1.82) is 0 Å². The summed E-state index contributed by atoms with van der Waals surface area (Å²) in [5.74, 6) is 1.48. The second kappa shape index (κ2) is 6.45. The summed E-state index contributed by atoms with van der Waals surface area (Å²) in [4.78, 5) is 6.42. The van der Waals surface area contributed by atoms with Crippen molar-refractivity contribution in [3.63, 3.8) is 0 Å². The Labute approximate surface area is 104 Å². The van der Waals surface area contributed by atoms with Gasteiger partial charge in [-0.2, -0.15) is 0 Å². The minimum Gasteiger partial charge on any atom is -0.381 e. The van der Waals surface area contributed by atoms with Gasteiger partial charge in [0.2, 0.25) is 0 Å². The summed E-state index contributed by atoms with van der Waals surface area (Å²) >= 11 is 0. The molecule has 0 aliphatic heterocycles. The Balaban J connectivity index is 2.71. The van der Waals surface area contributed by atoms with Gasteiger partial charge in [-0.25, -0.2) is 4.98 Å². The molecule has 4 nitrogen and oxygen atoms in total. The average Bonchev–Trinajstić information content (AvgIpc) is 2.27. The SMILES string of the molecule is CNc1cc(NC(CN(C)C)C(C)C)ccn1. The number of hydrogen-bond donors (Lipinski definition) is 2. The molecule has 0 aromatic carbocycles. The van der Waals surface area contributed by atoms with Crippen LogP contribution >= 0.6 is 0 Å². The third kappa shape index (κ3) is 4.61. The zero-order valence-corrected chi connectivity index (χ0v) is 11.5. The van der Waals surface area contributed by atoms with E-state index >= 15 is 0 Å². The maximum Gasteiger partial charge on any atom is 0.127 e. The Morgan fingerprint density at radius 3 is 2.59 bits per heavy atom. The Kier molecular flexibility index (Phi) is 5.22. The number of anilines is 2. The molecule has 1 aromatic rings. The number of pyridine rings is 1. The molecule has 0 aliphatic carbocycles. The van der Waals surface area contributed by atoms with E-state index in [0.29, 0.717) is 12.0 Å². The zero-order chi connectivity index (χ0) is 12.8. The van der Waals surface area contributed by atoms with E-state index < -0.39 is 0 Å². The lowest BCUT2D eigenvalue weighted by Gasteiger charge is -2.26. The molecule has 0 fully saturated rings. The Hall–Kier alpha value is -1.29. The van der Waals surface area contributed by atoms with Gasteiger partial charge >= 0.3 is 0 Å². The van der Waals surface area contributed by atoms with Crippen LogP contribution in [-0.2, 0) is 0 Å². The van der Waals surface area contributed by atoms with Gasteiger partial charge in [-0.1, -0.05) is 13.8 Å². The predicted molar refractivity (Wildman–Crippen MR) is 74.6 cm³/mol. The molecule has 4 heteroatoms. The highest BCUT2D eigenvalue weighted by molar-refractivity contribution is 5.52. The highest BCUT2D eigenvalue weighted by Crippen LogP contribution is 2.15. The lowest BCUT2D eigenvalue weighted by Crippen LogP contribution is -2.36. The topological polar surface area (TPSA) is 40.2 Å². The summed E-state index contributed by atoms with van der Waals surface area (Å²) in [6, 6.07) is 4.48. The van der Waals surface area contributed by atoms with Gasteiger partial charge in [0.15, 0.2) is 0 Å². The number of rotatable bonds is 6. The van der Waals surface area contributed by atoms with Crippen LogP contribution in [0.25, 0.3) is 0 Å². The van der Waals surface area contributed by atoms with E-state index in [2.05, 4.69) is 48.5 Å². The van der Waals surface area contributed by atoms with E-state index in [-0.39, 0.29) is 0 Å². The lowest BCUT2D eigenvalue weighted by molar-refractivity contribution is 0.344. The highest BCUT2D eigenvalue weighted by atomic mass is 15.1. The Morgan fingerprint density at radius 2 is 2.06 bits per heavy atom. The van der Waals surface area contributed by atoms with Crippen molar-refractivity contribution in [3.05, 3.63) is 18.3 Å². The smallest absolute Gasteiger partial charge is 0.127 e. The van der Waals surface area contributed by atoms with E-state index in [4.69, 9.17) is 0 Å². The number of hydrogen-bond acceptors (Lipinski definition) is 4. The van der Waals surface area contributed by atoms with Gasteiger partial charge in [0, 0.05) is 37.6 Å². The van der Waals surface area contributed by atoms with Crippen LogP contribution in [0.15, 0.2) is 18.3 Å². The lowest BCUT2D eigenvalue weighted by atomic mass is 10.0. The fraction of sp³-hybridized carbons (Fsp3) is 0.615. The van der Waals surface area contributed by atoms with Crippen LogP contribution in [0.2, 0.25) is 0 Å². The molecule has 0 saturated heterocycles. The van der Waals surface area contributed by atoms with Gasteiger partial charge in [0.25, 0.3) is 0 Å². The van der Waals surface area contributed by atoms with Gasteiger partial charge in [-0.05, 0) is 26.1 Å². The molecule has 96 valence electrons. The van der Waals surface area contributed by atoms with Gasteiger partial charge in [-0.15, -0.1) is 0 Å². The minimum atomic E-state index is 0.442. The van der Waals surface area contributed by atoms with Crippen molar-refractivity contribution < 1.29 is 0 Å². The van der Waals surface area contributed by atoms with Crippen molar-refractivity contribution in [2.24, 2.45) is 5.92 Å². The molecule has 1 aromatic heterocycles. The predicted octanol–water partition coefficient (Wildman–Crippen LogP) is 2.12. The number of nitrogens with zero attached hydrogens (tertiary/aromatic N) is 2. The number of aromatic nitrogens is 1. The summed E-state index contributed by atoms with van der Waals surface area (Å²) in [6.45, 7) is 5.50. The molecule has 0 bridgehead atoms. The van der Waals surface area contributed by atoms with Crippen molar-refractivity contribution in [1.82, 2.24) is 9.88 Å². The van der Waals surface area contributed by atoms with Crippen LogP contribution in [0.3, 0.4) is 0 Å². The van der Waals surface area contributed by atoms with Crippen molar-refractivity contribution in [2.75, 3.05) is 38.3 Å². The molecule has 1 unspecified atom stereocenters. The standard InChI is InChI=1S/C13H24N4/c1-10(2)12(9-17(4)5)16-11-6-7-15-13(8-11)14-3/h6-8,10,12H,9H2,1-5H3,(H2,14,15,16). The van der Waals surface area contributed by atoms with E-state index in [1.54, 1.807) is 0 Å². The molecule has 1 atom stereocenters. The van der Waals surface area contributed by atoms with E-state index in [9.17, 15) is 0 Å². The summed E-state index contributed by atoms with van der Waals surface area (Å²) in [7, 11) is 6.08. The van der Waals surface area contributed by atoms with Crippen LogP contribution in [0.4, 0.5) is 11.5 Å². The molecule has 2 N–H and O–H groups in total. The molecular weight excluding hydrogens is 212 g/mol. The maximum absolute atomic E-state index is 4.21. The summed E-state index contributed by atoms with van der Waals surface area (Å²) in [5, 5.41) is 6.61. The third-order valence-corrected chi connectivity index (χ3v) is 2.73. The summed E-state index contributed by atoms with van der Waals surface area (Å²) < 4.78 is 0. The quantitative estimate of drug-likeness (QED) is 0.794. The molecule has 1 heterocycles. The van der Waals surface area contributed by atoms with E-state index in [0.717, 1.165) is 18.1 Å². The normalized spacial score (nSPS) is 12.9.